The summed E-state index contributed by atoms with van der Waals surface area (Å²) in [6.07, 6.45) is 0.374. The average molecular weight is 292 g/mol. The smallest absolute Gasteiger partial charge is 0.224 e. The van der Waals surface area contributed by atoms with Crippen LogP contribution in [0.1, 0.15) is 25.8 Å². The Morgan fingerprint density at radius 3 is 2.62 bits per heavy atom. The minimum Gasteiger partial charge on any atom is -0.486 e. The molecular formula is C16H24N2O3. The highest BCUT2D eigenvalue weighted by molar-refractivity contribution is 5.76. The van der Waals surface area contributed by atoms with Crippen molar-refractivity contribution in [1.29, 1.82) is 0 Å². The fourth-order valence-corrected chi connectivity index (χ4v) is 2.14. The summed E-state index contributed by atoms with van der Waals surface area (Å²) in [5.74, 6) is 1.88. The van der Waals surface area contributed by atoms with Crippen LogP contribution in [0.15, 0.2) is 18.2 Å². The third-order valence-corrected chi connectivity index (χ3v) is 3.72. The molecule has 2 rings (SSSR count). The highest BCUT2D eigenvalue weighted by Crippen LogP contribution is 2.31. The molecule has 5 nitrogen and oxygen atoms in total. The molecule has 0 saturated heterocycles. The predicted molar refractivity (Wildman–Crippen MR) is 81.3 cm³/mol. The molecule has 1 amide bonds. The zero-order valence-electron chi connectivity index (χ0n) is 13.0. The maximum absolute atomic E-state index is 12.1. The van der Waals surface area contributed by atoms with Gasteiger partial charge in [0.25, 0.3) is 0 Å². The van der Waals surface area contributed by atoms with Gasteiger partial charge in [0, 0.05) is 26.1 Å². The molecule has 1 unspecified atom stereocenters. The van der Waals surface area contributed by atoms with Crippen LogP contribution in [0.3, 0.4) is 0 Å². The Labute approximate surface area is 126 Å². The lowest BCUT2D eigenvalue weighted by molar-refractivity contribution is -0.131. The molecule has 1 aromatic carbocycles. The first kappa shape index (κ1) is 15.6. The van der Waals surface area contributed by atoms with Crippen LogP contribution in [0.25, 0.3) is 0 Å². The summed E-state index contributed by atoms with van der Waals surface area (Å²) in [5.41, 5.74) is 6.98. The van der Waals surface area contributed by atoms with Crippen LogP contribution in [-0.2, 0) is 11.3 Å². The highest BCUT2D eigenvalue weighted by Gasteiger charge is 2.17. The Morgan fingerprint density at radius 1 is 1.29 bits per heavy atom. The molecule has 1 aliphatic rings. The first-order valence-electron chi connectivity index (χ1n) is 7.35. The second-order valence-electron chi connectivity index (χ2n) is 5.84. The normalized spacial score (nSPS) is 14.9. The van der Waals surface area contributed by atoms with Crippen LogP contribution >= 0.6 is 0 Å². The van der Waals surface area contributed by atoms with Gasteiger partial charge in [0.05, 0.1) is 0 Å². The molecule has 0 saturated carbocycles. The standard InChI is InChI=1S/C16H24N2O3/c1-11(2)13(17)9-16(19)18(3)10-12-4-5-14-15(8-12)21-7-6-20-14/h4-5,8,11,13H,6-7,9-10,17H2,1-3H3. The number of benzene rings is 1. The topological polar surface area (TPSA) is 64.8 Å². The van der Waals surface area contributed by atoms with Crippen molar-refractivity contribution in [2.75, 3.05) is 20.3 Å². The van der Waals surface area contributed by atoms with Crippen LogP contribution < -0.4 is 15.2 Å². The molecule has 0 aliphatic carbocycles. The van der Waals surface area contributed by atoms with Gasteiger partial charge in [-0.2, -0.15) is 0 Å². The number of carbonyl (C=O) groups is 1. The van der Waals surface area contributed by atoms with Crippen LogP contribution in [-0.4, -0.2) is 37.1 Å². The first-order chi connectivity index (χ1) is 9.97. The summed E-state index contributed by atoms with van der Waals surface area (Å²) in [7, 11) is 1.80. The zero-order chi connectivity index (χ0) is 15.4. The Kier molecular flexibility index (Phi) is 5.07. The molecule has 116 valence electrons. The van der Waals surface area contributed by atoms with E-state index >= 15 is 0 Å². The number of rotatable bonds is 5. The summed E-state index contributed by atoms with van der Waals surface area (Å²) in [5, 5.41) is 0. The predicted octanol–water partition coefficient (Wildman–Crippen LogP) is 1.79. The van der Waals surface area contributed by atoms with E-state index < -0.39 is 0 Å². The Morgan fingerprint density at radius 2 is 1.95 bits per heavy atom. The Balaban J connectivity index is 1.96. The lowest BCUT2D eigenvalue weighted by atomic mass is 10.0. The van der Waals surface area contributed by atoms with Crippen molar-refractivity contribution >= 4 is 5.91 Å². The van der Waals surface area contributed by atoms with Crippen LogP contribution in [0.2, 0.25) is 0 Å². The van der Waals surface area contributed by atoms with Crippen molar-refractivity contribution in [2.24, 2.45) is 11.7 Å². The quantitative estimate of drug-likeness (QED) is 0.898. The first-order valence-corrected chi connectivity index (χ1v) is 7.35. The van der Waals surface area contributed by atoms with Crippen molar-refractivity contribution in [3.63, 3.8) is 0 Å². The van der Waals surface area contributed by atoms with Gasteiger partial charge in [0.15, 0.2) is 11.5 Å². The van der Waals surface area contributed by atoms with E-state index in [9.17, 15) is 4.79 Å². The summed E-state index contributed by atoms with van der Waals surface area (Å²) in [6, 6.07) is 5.68. The number of nitrogens with two attached hydrogens (primary N) is 1. The third kappa shape index (κ3) is 4.11. The van der Waals surface area contributed by atoms with E-state index in [4.69, 9.17) is 15.2 Å². The molecule has 21 heavy (non-hydrogen) atoms. The summed E-state index contributed by atoms with van der Waals surface area (Å²) in [4.78, 5) is 13.8. The van der Waals surface area contributed by atoms with E-state index in [2.05, 4.69) is 0 Å². The van der Waals surface area contributed by atoms with E-state index in [0.29, 0.717) is 32.1 Å². The second kappa shape index (κ2) is 6.80. The lowest BCUT2D eigenvalue weighted by Gasteiger charge is -2.23. The Bertz CT molecular complexity index is 502. The lowest BCUT2D eigenvalue weighted by Crippen LogP contribution is -2.35. The number of amides is 1. The van der Waals surface area contributed by atoms with E-state index in [1.165, 1.54) is 0 Å². The fraction of sp³-hybridized carbons (Fsp3) is 0.562. The largest absolute Gasteiger partial charge is 0.486 e. The van der Waals surface area contributed by atoms with Crippen molar-refractivity contribution in [1.82, 2.24) is 4.90 Å². The molecule has 1 aliphatic heterocycles. The van der Waals surface area contributed by atoms with Crippen molar-refractivity contribution in [3.8, 4) is 11.5 Å². The molecule has 1 heterocycles. The third-order valence-electron chi connectivity index (χ3n) is 3.72. The van der Waals surface area contributed by atoms with Gasteiger partial charge in [-0.1, -0.05) is 19.9 Å². The SMILES string of the molecule is CC(C)C(N)CC(=O)N(C)Cc1ccc2c(c1)OCCO2. The van der Waals surface area contributed by atoms with E-state index in [0.717, 1.165) is 17.1 Å². The van der Waals surface area contributed by atoms with Crippen LogP contribution in [0.4, 0.5) is 0 Å². The molecule has 1 atom stereocenters. The van der Waals surface area contributed by atoms with E-state index in [1.807, 2.05) is 32.0 Å². The van der Waals surface area contributed by atoms with Gasteiger partial charge >= 0.3 is 0 Å². The van der Waals surface area contributed by atoms with Gasteiger partial charge in [0.2, 0.25) is 5.91 Å². The highest BCUT2D eigenvalue weighted by atomic mass is 16.6. The van der Waals surface area contributed by atoms with Gasteiger partial charge in [-0.3, -0.25) is 4.79 Å². The van der Waals surface area contributed by atoms with Crippen LogP contribution in [0.5, 0.6) is 11.5 Å². The minimum absolute atomic E-state index is 0.0612. The summed E-state index contributed by atoms with van der Waals surface area (Å²) >= 11 is 0. The number of fused-ring (bicyclic) bond motifs is 1. The molecule has 0 aromatic heterocycles. The monoisotopic (exact) mass is 292 g/mol. The van der Waals surface area contributed by atoms with Gasteiger partial charge in [-0.25, -0.2) is 0 Å². The number of ether oxygens (including phenoxy) is 2. The van der Waals surface area contributed by atoms with Gasteiger partial charge in [-0.05, 0) is 23.6 Å². The molecule has 2 N–H and O–H groups in total. The van der Waals surface area contributed by atoms with E-state index in [-0.39, 0.29) is 11.9 Å². The Hall–Kier alpha value is -1.75. The van der Waals surface area contributed by atoms with Crippen LogP contribution in [0, 0.1) is 5.92 Å². The molecule has 0 radical (unpaired) electrons. The zero-order valence-corrected chi connectivity index (χ0v) is 13.0. The maximum atomic E-state index is 12.1. The number of nitrogens with zero attached hydrogens (tertiary/aromatic N) is 1. The number of carbonyl (C=O) groups excluding carboxylic acids is 1. The van der Waals surface area contributed by atoms with E-state index in [1.54, 1.807) is 11.9 Å². The molecule has 0 spiro atoms. The molecular weight excluding hydrogens is 268 g/mol. The second-order valence-corrected chi connectivity index (χ2v) is 5.84. The maximum Gasteiger partial charge on any atom is 0.224 e. The fourth-order valence-electron chi connectivity index (χ4n) is 2.14. The number of hydrogen-bond donors (Lipinski definition) is 1. The van der Waals surface area contributed by atoms with Gasteiger partial charge in [0.1, 0.15) is 13.2 Å². The van der Waals surface area contributed by atoms with Crippen molar-refractivity contribution in [2.45, 2.75) is 32.9 Å². The van der Waals surface area contributed by atoms with Crippen molar-refractivity contribution < 1.29 is 14.3 Å². The molecule has 5 heteroatoms. The molecule has 0 bridgehead atoms. The summed E-state index contributed by atoms with van der Waals surface area (Å²) in [6.45, 7) is 5.74. The average Bonchev–Trinajstić information content (AvgIpc) is 2.46. The summed E-state index contributed by atoms with van der Waals surface area (Å²) < 4.78 is 11.0. The van der Waals surface area contributed by atoms with Crippen molar-refractivity contribution in [3.05, 3.63) is 23.8 Å². The minimum atomic E-state index is -0.0970. The van der Waals surface area contributed by atoms with Gasteiger partial charge in [-0.15, -0.1) is 0 Å². The molecule has 1 aromatic rings. The molecule has 0 fully saturated rings. The van der Waals surface area contributed by atoms with Gasteiger partial charge < -0.3 is 20.1 Å². The number of hydrogen-bond acceptors (Lipinski definition) is 4.